The fraction of sp³-hybridized carbons (Fsp3) is 0.316. The number of benzene rings is 2. The predicted octanol–water partition coefficient (Wildman–Crippen LogP) is 3.10. The third-order valence-corrected chi connectivity index (χ3v) is 3.86. The lowest BCUT2D eigenvalue weighted by Crippen LogP contribution is -2.39. The minimum absolute atomic E-state index is 0.112. The van der Waals surface area contributed by atoms with Crippen molar-refractivity contribution in [3.8, 4) is 5.75 Å². The van der Waals surface area contributed by atoms with E-state index in [0.717, 1.165) is 5.56 Å². The standard InChI is InChI=1S/C19H24N2O3/c1-13-7-9-15(10-8-13)14(2)21-19(23)20-12-18(22)16-5-4-6-17(11-16)24-3/h4-11,14,18,22H,12H2,1-3H3,(H2,20,21,23). The fourth-order valence-corrected chi connectivity index (χ4v) is 2.34. The van der Waals surface area contributed by atoms with Crippen molar-refractivity contribution in [1.29, 1.82) is 0 Å². The Kier molecular flexibility index (Phi) is 6.21. The molecule has 0 fully saturated rings. The zero-order chi connectivity index (χ0) is 17.5. The molecule has 0 spiro atoms. The molecule has 0 saturated heterocycles. The van der Waals surface area contributed by atoms with Gasteiger partial charge in [-0.05, 0) is 37.1 Å². The topological polar surface area (TPSA) is 70.6 Å². The lowest BCUT2D eigenvalue weighted by atomic mass is 10.1. The molecule has 24 heavy (non-hydrogen) atoms. The Bertz CT molecular complexity index is 671. The van der Waals surface area contributed by atoms with Gasteiger partial charge in [0.05, 0.1) is 19.3 Å². The van der Waals surface area contributed by atoms with Crippen molar-refractivity contribution in [2.75, 3.05) is 13.7 Å². The number of aryl methyl sites for hydroxylation is 1. The van der Waals surface area contributed by atoms with Gasteiger partial charge >= 0.3 is 6.03 Å². The molecule has 0 heterocycles. The summed E-state index contributed by atoms with van der Waals surface area (Å²) in [6.45, 7) is 4.07. The Morgan fingerprint density at radius 2 is 1.88 bits per heavy atom. The average Bonchev–Trinajstić information content (AvgIpc) is 2.60. The first-order valence-corrected chi connectivity index (χ1v) is 7.92. The molecule has 2 aromatic rings. The van der Waals surface area contributed by atoms with Crippen LogP contribution in [0.1, 0.15) is 35.8 Å². The first kappa shape index (κ1) is 17.8. The Morgan fingerprint density at radius 3 is 2.54 bits per heavy atom. The summed E-state index contributed by atoms with van der Waals surface area (Å²) in [5.41, 5.74) is 2.90. The molecule has 0 saturated carbocycles. The molecule has 0 aromatic heterocycles. The van der Waals surface area contributed by atoms with E-state index in [0.29, 0.717) is 11.3 Å². The summed E-state index contributed by atoms with van der Waals surface area (Å²) in [4.78, 5) is 12.0. The highest BCUT2D eigenvalue weighted by atomic mass is 16.5. The smallest absolute Gasteiger partial charge is 0.315 e. The normalized spacial score (nSPS) is 13.0. The third-order valence-electron chi connectivity index (χ3n) is 3.86. The third kappa shape index (κ3) is 4.99. The van der Waals surface area contributed by atoms with Crippen LogP contribution in [0.15, 0.2) is 48.5 Å². The summed E-state index contributed by atoms with van der Waals surface area (Å²) in [6.07, 6.45) is -0.791. The molecule has 2 aromatic carbocycles. The Hall–Kier alpha value is -2.53. The molecular formula is C19H24N2O3. The second-order valence-electron chi connectivity index (χ2n) is 5.78. The summed E-state index contributed by atoms with van der Waals surface area (Å²) in [6, 6.07) is 14.7. The van der Waals surface area contributed by atoms with E-state index in [1.165, 1.54) is 5.56 Å². The van der Waals surface area contributed by atoms with Crippen molar-refractivity contribution in [2.45, 2.75) is 26.0 Å². The average molecular weight is 328 g/mol. The second-order valence-corrected chi connectivity index (χ2v) is 5.78. The van der Waals surface area contributed by atoms with Crippen molar-refractivity contribution in [3.05, 3.63) is 65.2 Å². The van der Waals surface area contributed by atoms with Crippen LogP contribution in [0.25, 0.3) is 0 Å². The fourth-order valence-electron chi connectivity index (χ4n) is 2.34. The van der Waals surface area contributed by atoms with Gasteiger partial charge in [-0.2, -0.15) is 0 Å². The molecule has 0 radical (unpaired) electrons. The van der Waals surface area contributed by atoms with E-state index in [4.69, 9.17) is 4.74 Å². The summed E-state index contributed by atoms with van der Waals surface area (Å²) in [7, 11) is 1.57. The van der Waals surface area contributed by atoms with E-state index in [2.05, 4.69) is 10.6 Å². The summed E-state index contributed by atoms with van der Waals surface area (Å²) < 4.78 is 5.13. The van der Waals surface area contributed by atoms with Crippen molar-refractivity contribution in [2.24, 2.45) is 0 Å². The van der Waals surface area contributed by atoms with Gasteiger partial charge in [0.15, 0.2) is 0 Å². The molecule has 128 valence electrons. The van der Waals surface area contributed by atoms with Gasteiger partial charge in [0, 0.05) is 6.54 Å². The molecule has 0 aliphatic rings. The number of methoxy groups -OCH3 is 1. The van der Waals surface area contributed by atoms with Crippen LogP contribution in [0.3, 0.4) is 0 Å². The number of rotatable bonds is 6. The van der Waals surface area contributed by atoms with Gasteiger partial charge in [-0.25, -0.2) is 4.79 Å². The number of amides is 2. The maximum absolute atomic E-state index is 12.0. The van der Waals surface area contributed by atoms with E-state index in [1.807, 2.05) is 38.1 Å². The molecule has 2 amide bonds. The maximum Gasteiger partial charge on any atom is 0.315 e. The van der Waals surface area contributed by atoms with Gasteiger partial charge in [0.25, 0.3) is 0 Å². The number of aliphatic hydroxyl groups is 1. The van der Waals surface area contributed by atoms with E-state index < -0.39 is 6.10 Å². The number of hydrogen-bond donors (Lipinski definition) is 3. The quantitative estimate of drug-likeness (QED) is 0.763. The molecule has 5 nitrogen and oxygen atoms in total. The van der Waals surface area contributed by atoms with E-state index in [-0.39, 0.29) is 18.6 Å². The Balaban J connectivity index is 1.84. The highest BCUT2D eigenvalue weighted by molar-refractivity contribution is 5.74. The number of hydrogen-bond acceptors (Lipinski definition) is 3. The summed E-state index contributed by atoms with van der Waals surface area (Å²) >= 11 is 0. The summed E-state index contributed by atoms with van der Waals surface area (Å²) in [5, 5.41) is 15.7. The first-order chi connectivity index (χ1) is 11.5. The molecular weight excluding hydrogens is 304 g/mol. The molecule has 0 aliphatic heterocycles. The van der Waals surface area contributed by atoms with Crippen LogP contribution in [0.2, 0.25) is 0 Å². The van der Waals surface area contributed by atoms with E-state index in [1.54, 1.807) is 31.4 Å². The number of carbonyl (C=O) groups excluding carboxylic acids is 1. The molecule has 2 atom stereocenters. The van der Waals surface area contributed by atoms with Gasteiger partial charge < -0.3 is 20.5 Å². The van der Waals surface area contributed by atoms with Crippen molar-refractivity contribution in [3.63, 3.8) is 0 Å². The van der Waals surface area contributed by atoms with Gasteiger partial charge in [-0.1, -0.05) is 42.0 Å². The van der Waals surface area contributed by atoms with Crippen LogP contribution in [-0.2, 0) is 0 Å². The van der Waals surface area contributed by atoms with Gasteiger partial charge in [-0.15, -0.1) is 0 Å². The number of urea groups is 1. The van der Waals surface area contributed by atoms with Crippen LogP contribution in [0, 0.1) is 6.92 Å². The maximum atomic E-state index is 12.0. The first-order valence-electron chi connectivity index (χ1n) is 7.92. The Morgan fingerprint density at radius 1 is 1.17 bits per heavy atom. The monoisotopic (exact) mass is 328 g/mol. The van der Waals surface area contributed by atoms with Crippen LogP contribution in [-0.4, -0.2) is 24.8 Å². The lowest BCUT2D eigenvalue weighted by Gasteiger charge is -2.17. The predicted molar refractivity (Wildman–Crippen MR) is 94.1 cm³/mol. The van der Waals surface area contributed by atoms with Crippen LogP contribution in [0.5, 0.6) is 5.75 Å². The van der Waals surface area contributed by atoms with Crippen LogP contribution in [0.4, 0.5) is 4.79 Å². The zero-order valence-electron chi connectivity index (χ0n) is 14.2. The largest absolute Gasteiger partial charge is 0.497 e. The highest BCUT2D eigenvalue weighted by Crippen LogP contribution is 2.18. The molecule has 2 unspecified atom stereocenters. The summed E-state index contributed by atoms with van der Waals surface area (Å²) in [5.74, 6) is 0.670. The van der Waals surface area contributed by atoms with E-state index >= 15 is 0 Å². The van der Waals surface area contributed by atoms with Crippen LogP contribution >= 0.6 is 0 Å². The molecule has 2 rings (SSSR count). The molecule has 0 aliphatic carbocycles. The minimum Gasteiger partial charge on any atom is -0.497 e. The lowest BCUT2D eigenvalue weighted by molar-refractivity contribution is 0.172. The van der Waals surface area contributed by atoms with E-state index in [9.17, 15) is 9.90 Å². The van der Waals surface area contributed by atoms with Crippen molar-refractivity contribution >= 4 is 6.03 Å². The number of carbonyl (C=O) groups is 1. The second kappa shape index (κ2) is 8.36. The number of nitrogens with one attached hydrogen (secondary N) is 2. The zero-order valence-corrected chi connectivity index (χ0v) is 14.2. The SMILES string of the molecule is COc1cccc(C(O)CNC(=O)NC(C)c2ccc(C)cc2)c1. The molecule has 0 bridgehead atoms. The van der Waals surface area contributed by atoms with Crippen molar-refractivity contribution < 1.29 is 14.6 Å². The number of ether oxygens (including phenoxy) is 1. The van der Waals surface area contributed by atoms with Gasteiger partial charge in [-0.3, -0.25) is 0 Å². The van der Waals surface area contributed by atoms with Crippen LogP contribution < -0.4 is 15.4 Å². The molecule has 3 N–H and O–H groups in total. The Labute approximate surface area is 142 Å². The van der Waals surface area contributed by atoms with Gasteiger partial charge in [0.1, 0.15) is 5.75 Å². The minimum atomic E-state index is -0.791. The number of aliphatic hydroxyl groups excluding tert-OH is 1. The van der Waals surface area contributed by atoms with Gasteiger partial charge in [0.2, 0.25) is 0 Å². The highest BCUT2D eigenvalue weighted by Gasteiger charge is 2.12. The molecule has 5 heteroatoms. The van der Waals surface area contributed by atoms with Crippen molar-refractivity contribution in [1.82, 2.24) is 10.6 Å².